The number of pyridine rings is 1. The monoisotopic (exact) mass is 424 g/mol. The summed E-state index contributed by atoms with van der Waals surface area (Å²) in [6.07, 6.45) is 7.15. The molecule has 0 spiro atoms. The number of rotatable bonds is 6. The van der Waals surface area contributed by atoms with E-state index in [1.807, 2.05) is 30.5 Å². The Kier molecular flexibility index (Phi) is 5.21. The van der Waals surface area contributed by atoms with Crippen molar-refractivity contribution in [3.05, 3.63) is 83.0 Å². The molecule has 0 aliphatic carbocycles. The minimum absolute atomic E-state index is 0.105. The van der Waals surface area contributed by atoms with Crippen LogP contribution in [0.2, 0.25) is 0 Å². The Hall–Kier alpha value is -3.90. The van der Waals surface area contributed by atoms with E-state index in [2.05, 4.69) is 39.4 Å². The highest BCUT2D eigenvalue weighted by molar-refractivity contribution is 6.13. The van der Waals surface area contributed by atoms with Crippen LogP contribution >= 0.6 is 0 Å². The van der Waals surface area contributed by atoms with Gasteiger partial charge in [-0.1, -0.05) is 24.3 Å². The average Bonchev–Trinajstić information content (AvgIpc) is 3.37. The Morgan fingerprint density at radius 3 is 2.66 bits per heavy atom. The van der Waals surface area contributed by atoms with Crippen LogP contribution in [0.25, 0.3) is 43.8 Å². The molecule has 6 heteroatoms. The molecule has 2 aromatic heterocycles. The first-order valence-corrected chi connectivity index (χ1v) is 10.6. The Balaban J connectivity index is 1.86. The predicted molar refractivity (Wildman–Crippen MR) is 129 cm³/mol. The molecule has 160 valence electrons. The maximum Gasteiger partial charge on any atom is 0.256 e. The van der Waals surface area contributed by atoms with Crippen molar-refractivity contribution in [2.45, 2.75) is 12.8 Å². The average molecular weight is 425 g/mol. The fourth-order valence-electron chi connectivity index (χ4n) is 4.36. The molecule has 3 aromatic carbocycles. The van der Waals surface area contributed by atoms with Gasteiger partial charge in [-0.25, -0.2) is 0 Å². The van der Waals surface area contributed by atoms with Gasteiger partial charge in [0.25, 0.3) is 5.56 Å². The van der Waals surface area contributed by atoms with Crippen molar-refractivity contribution in [2.24, 2.45) is 5.73 Å². The molecule has 32 heavy (non-hydrogen) atoms. The Labute approximate surface area is 185 Å². The molecular formula is C26H24N4O2. The molecule has 0 fully saturated rings. The van der Waals surface area contributed by atoms with Crippen molar-refractivity contribution in [1.82, 2.24) is 15.2 Å². The molecular weight excluding hydrogens is 400 g/mol. The minimum Gasteiger partial charge on any atom is -0.497 e. The standard InChI is InChI=1S/C26H24N4O2/c1-32-20-6-2-4-17(10-20)24-15-28-26(31)25-22-11-16(19-13-29-30-14-19)7-8-21(22)18(5-3-9-27)12-23(24)25/h2,4,6-8,10-15H,3,5,9,27H2,1H3,(H,28,31)(H,29,30). The van der Waals surface area contributed by atoms with Crippen molar-refractivity contribution in [3.63, 3.8) is 0 Å². The second-order valence-corrected chi connectivity index (χ2v) is 7.86. The summed E-state index contributed by atoms with van der Waals surface area (Å²) < 4.78 is 5.42. The molecule has 6 nitrogen and oxygen atoms in total. The second kappa shape index (κ2) is 8.32. The first-order valence-electron chi connectivity index (χ1n) is 10.6. The van der Waals surface area contributed by atoms with Crippen molar-refractivity contribution in [2.75, 3.05) is 13.7 Å². The van der Waals surface area contributed by atoms with Gasteiger partial charge in [0.1, 0.15) is 5.75 Å². The largest absolute Gasteiger partial charge is 0.497 e. The number of hydrogen-bond donors (Lipinski definition) is 3. The van der Waals surface area contributed by atoms with Crippen LogP contribution in [0.3, 0.4) is 0 Å². The lowest BCUT2D eigenvalue weighted by atomic mass is 9.90. The summed E-state index contributed by atoms with van der Waals surface area (Å²) in [6, 6.07) is 16.3. The third-order valence-corrected chi connectivity index (χ3v) is 5.95. The summed E-state index contributed by atoms with van der Waals surface area (Å²) in [5, 5.41) is 10.5. The second-order valence-electron chi connectivity index (χ2n) is 7.86. The maximum atomic E-state index is 13.1. The number of fused-ring (bicyclic) bond motifs is 3. The first-order chi connectivity index (χ1) is 15.7. The van der Waals surface area contributed by atoms with E-state index in [1.54, 1.807) is 19.5 Å². The topological polar surface area (TPSA) is 96.8 Å². The van der Waals surface area contributed by atoms with Crippen molar-refractivity contribution in [1.29, 1.82) is 0 Å². The molecule has 0 aliphatic rings. The number of methoxy groups -OCH3 is 1. The number of H-pyrrole nitrogens is 2. The van der Waals surface area contributed by atoms with Gasteiger partial charge >= 0.3 is 0 Å². The number of benzene rings is 3. The van der Waals surface area contributed by atoms with Crippen LogP contribution in [0.15, 0.2) is 71.9 Å². The highest BCUT2D eigenvalue weighted by Crippen LogP contribution is 2.36. The Morgan fingerprint density at radius 2 is 1.88 bits per heavy atom. The lowest BCUT2D eigenvalue weighted by molar-refractivity contribution is 0.415. The fraction of sp³-hybridized carbons (Fsp3) is 0.154. The van der Waals surface area contributed by atoms with E-state index < -0.39 is 0 Å². The van der Waals surface area contributed by atoms with Crippen LogP contribution in [-0.4, -0.2) is 28.8 Å². The predicted octanol–water partition coefficient (Wildman–Crippen LogP) is 4.64. The van der Waals surface area contributed by atoms with E-state index in [0.717, 1.165) is 57.0 Å². The summed E-state index contributed by atoms with van der Waals surface area (Å²) in [4.78, 5) is 16.1. The molecule has 0 amide bonds. The smallest absolute Gasteiger partial charge is 0.256 e. The van der Waals surface area contributed by atoms with Crippen LogP contribution < -0.4 is 16.0 Å². The third-order valence-electron chi connectivity index (χ3n) is 5.95. The van der Waals surface area contributed by atoms with E-state index in [9.17, 15) is 4.79 Å². The van der Waals surface area contributed by atoms with Gasteiger partial charge < -0.3 is 15.5 Å². The van der Waals surface area contributed by atoms with Crippen molar-refractivity contribution in [3.8, 4) is 28.0 Å². The summed E-state index contributed by atoms with van der Waals surface area (Å²) in [5.41, 5.74) is 10.8. The van der Waals surface area contributed by atoms with Gasteiger partial charge in [-0.2, -0.15) is 5.10 Å². The number of aryl methyl sites for hydroxylation is 1. The summed E-state index contributed by atoms with van der Waals surface area (Å²) >= 11 is 0. The van der Waals surface area contributed by atoms with Crippen molar-refractivity contribution < 1.29 is 4.74 Å². The fourth-order valence-corrected chi connectivity index (χ4v) is 4.36. The summed E-state index contributed by atoms with van der Waals surface area (Å²) in [6.45, 7) is 0.616. The van der Waals surface area contributed by atoms with Crippen LogP contribution in [-0.2, 0) is 6.42 Å². The van der Waals surface area contributed by atoms with Gasteiger partial charge in [-0.05, 0) is 76.5 Å². The van der Waals surface area contributed by atoms with Crippen LogP contribution in [0.4, 0.5) is 0 Å². The zero-order valence-electron chi connectivity index (χ0n) is 17.8. The number of nitrogens with zero attached hydrogens (tertiary/aromatic N) is 1. The van der Waals surface area contributed by atoms with Gasteiger partial charge in [-0.15, -0.1) is 0 Å². The van der Waals surface area contributed by atoms with E-state index in [4.69, 9.17) is 10.5 Å². The summed E-state index contributed by atoms with van der Waals surface area (Å²) in [7, 11) is 1.65. The molecule has 0 radical (unpaired) electrons. The normalized spacial score (nSPS) is 11.3. The Bertz CT molecular complexity index is 1470. The maximum absolute atomic E-state index is 13.1. The zero-order chi connectivity index (χ0) is 22.1. The third kappa shape index (κ3) is 3.44. The van der Waals surface area contributed by atoms with E-state index in [1.165, 1.54) is 5.56 Å². The Morgan fingerprint density at radius 1 is 0.969 bits per heavy atom. The minimum atomic E-state index is -0.105. The number of aromatic nitrogens is 3. The molecule has 0 bridgehead atoms. The molecule has 2 heterocycles. The molecule has 0 saturated heterocycles. The van der Waals surface area contributed by atoms with E-state index in [-0.39, 0.29) is 5.56 Å². The molecule has 5 aromatic rings. The first kappa shape index (κ1) is 20.0. The van der Waals surface area contributed by atoms with Crippen LogP contribution in [0.5, 0.6) is 5.75 Å². The molecule has 0 unspecified atom stereocenters. The number of nitrogens with one attached hydrogen (secondary N) is 2. The highest BCUT2D eigenvalue weighted by Gasteiger charge is 2.15. The molecule has 0 atom stereocenters. The zero-order valence-corrected chi connectivity index (χ0v) is 17.8. The molecule has 5 rings (SSSR count). The molecule has 4 N–H and O–H groups in total. The number of ether oxygens (including phenoxy) is 1. The quantitative estimate of drug-likeness (QED) is 0.346. The van der Waals surface area contributed by atoms with Crippen LogP contribution in [0.1, 0.15) is 12.0 Å². The lowest BCUT2D eigenvalue weighted by Crippen LogP contribution is -2.08. The molecule has 0 saturated carbocycles. The SMILES string of the molecule is COc1cccc(-c2c[nH]c(=O)c3c2cc(CCCN)c2ccc(-c4cn[nH]c4)cc23)c1. The van der Waals surface area contributed by atoms with Gasteiger partial charge in [0.05, 0.1) is 18.7 Å². The number of hydrogen-bond acceptors (Lipinski definition) is 4. The van der Waals surface area contributed by atoms with Crippen LogP contribution in [0, 0.1) is 0 Å². The highest BCUT2D eigenvalue weighted by atomic mass is 16.5. The van der Waals surface area contributed by atoms with Crippen molar-refractivity contribution >= 4 is 21.5 Å². The van der Waals surface area contributed by atoms with Gasteiger partial charge in [0, 0.05) is 23.5 Å². The number of aromatic amines is 2. The number of nitrogens with two attached hydrogens (primary N) is 1. The van der Waals surface area contributed by atoms with Gasteiger partial charge in [0.15, 0.2) is 0 Å². The van der Waals surface area contributed by atoms with Gasteiger partial charge in [-0.3, -0.25) is 9.89 Å². The van der Waals surface area contributed by atoms with E-state index >= 15 is 0 Å². The lowest BCUT2D eigenvalue weighted by Gasteiger charge is -2.14. The molecule has 0 aliphatic heterocycles. The summed E-state index contributed by atoms with van der Waals surface area (Å²) in [5.74, 6) is 0.772. The van der Waals surface area contributed by atoms with Gasteiger partial charge in [0.2, 0.25) is 0 Å². The van der Waals surface area contributed by atoms with E-state index in [0.29, 0.717) is 11.9 Å².